The molecule has 1 saturated heterocycles. The van der Waals surface area contributed by atoms with E-state index in [4.69, 9.17) is 19.6 Å². The molecule has 0 bridgehead atoms. The first-order valence-corrected chi connectivity index (χ1v) is 11.5. The molecule has 0 atom stereocenters. The van der Waals surface area contributed by atoms with Gasteiger partial charge in [0, 0.05) is 25.0 Å². The molecule has 180 valence electrons. The molecule has 3 aromatic carbocycles. The summed E-state index contributed by atoms with van der Waals surface area (Å²) in [4.78, 5) is 15.2. The van der Waals surface area contributed by atoms with Gasteiger partial charge in [-0.3, -0.25) is 9.69 Å². The molecular formula is C27H26FN3O4. The van der Waals surface area contributed by atoms with Gasteiger partial charge in [0.25, 0.3) is 5.91 Å². The van der Waals surface area contributed by atoms with Gasteiger partial charge in [-0.25, -0.2) is 4.39 Å². The molecule has 3 N–H and O–H groups in total. The van der Waals surface area contributed by atoms with Gasteiger partial charge in [-0.05, 0) is 59.7 Å². The van der Waals surface area contributed by atoms with Crippen LogP contribution in [0.25, 0.3) is 22.1 Å². The van der Waals surface area contributed by atoms with Crippen LogP contribution in [0.15, 0.2) is 71.1 Å². The Morgan fingerprint density at radius 1 is 1.00 bits per heavy atom. The number of furan rings is 1. The standard InChI is InChI=1S/C27H26FN3O4/c28-21-4-1-18(2-5-21)19-3-7-23(29)24(16-19)30-27(32)26-17-20-15-22(6-8-25(20)35-26)34-14-11-31-9-12-33-13-10-31/h1-8,15-17H,9-14,29H2,(H,30,32). The molecule has 0 spiro atoms. The third-order valence-electron chi connectivity index (χ3n) is 5.97. The minimum absolute atomic E-state index is 0.164. The molecule has 2 heterocycles. The highest BCUT2D eigenvalue weighted by molar-refractivity contribution is 6.06. The summed E-state index contributed by atoms with van der Waals surface area (Å²) < 4.78 is 30.3. The summed E-state index contributed by atoms with van der Waals surface area (Å²) in [6.07, 6.45) is 0. The van der Waals surface area contributed by atoms with Crippen LogP contribution in [0.4, 0.5) is 15.8 Å². The van der Waals surface area contributed by atoms with Crippen molar-refractivity contribution in [1.82, 2.24) is 4.90 Å². The summed E-state index contributed by atoms with van der Waals surface area (Å²) >= 11 is 0. The zero-order valence-electron chi connectivity index (χ0n) is 19.1. The first-order valence-electron chi connectivity index (χ1n) is 11.5. The number of ether oxygens (including phenoxy) is 2. The van der Waals surface area contributed by atoms with Crippen molar-refractivity contribution in [2.45, 2.75) is 0 Å². The lowest BCUT2D eigenvalue weighted by molar-refractivity contribution is 0.0322. The maximum Gasteiger partial charge on any atom is 0.291 e. The van der Waals surface area contributed by atoms with Crippen LogP contribution in [0, 0.1) is 5.82 Å². The van der Waals surface area contributed by atoms with E-state index in [1.165, 1.54) is 12.1 Å². The number of anilines is 2. The minimum Gasteiger partial charge on any atom is -0.492 e. The van der Waals surface area contributed by atoms with E-state index in [0.29, 0.717) is 23.6 Å². The highest BCUT2D eigenvalue weighted by Gasteiger charge is 2.15. The number of rotatable bonds is 7. The lowest BCUT2D eigenvalue weighted by Crippen LogP contribution is -2.38. The normalized spacial score (nSPS) is 14.2. The second-order valence-corrected chi connectivity index (χ2v) is 8.38. The summed E-state index contributed by atoms with van der Waals surface area (Å²) in [5, 5.41) is 3.59. The van der Waals surface area contributed by atoms with E-state index < -0.39 is 5.91 Å². The number of nitrogens with two attached hydrogens (primary N) is 1. The summed E-state index contributed by atoms with van der Waals surface area (Å²) in [6, 6.07) is 18.6. The number of morpholine rings is 1. The monoisotopic (exact) mass is 475 g/mol. The zero-order valence-corrected chi connectivity index (χ0v) is 19.1. The van der Waals surface area contributed by atoms with E-state index in [2.05, 4.69) is 10.2 Å². The van der Waals surface area contributed by atoms with Crippen molar-refractivity contribution in [3.05, 3.63) is 78.3 Å². The van der Waals surface area contributed by atoms with Gasteiger partial charge in [-0.1, -0.05) is 18.2 Å². The number of nitrogens with zero attached hydrogens (tertiary/aromatic N) is 1. The number of benzene rings is 3. The van der Waals surface area contributed by atoms with Crippen LogP contribution in [0.5, 0.6) is 5.75 Å². The average Bonchev–Trinajstić information content (AvgIpc) is 3.30. The van der Waals surface area contributed by atoms with E-state index in [1.54, 1.807) is 36.4 Å². The molecule has 1 aromatic heterocycles. The second kappa shape index (κ2) is 10.2. The molecule has 35 heavy (non-hydrogen) atoms. The third-order valence-corrected chi connectivity index (χ3v) is 5.97. The Balaban J connectivity index is 1.26. The number of amides is 1. The van der Waals surface area contributed by atoms with Crippen molar-refractivity contribution in [1.29, 1.82) is 0 Å². The van der Waals surface area contributed by atoms with Crippen molar-refractivity contribution in [2.75, 3.05) is 50.5 Å². The topological polar surface area (TPSA) is 90.0 Å². The van der Waals surface area contributed by atoms with E-state index in [-0.39, 0.29) is 11.6 Å². The summed E-state index contributed by atoms with van der Waals surface area (Å²) in [5.41, 5.74) is 9.15. The van der Waals surface area contributed by atoms with Gasteiger partial charge in [0.1, 0.15) is 23.8 Å². The van der Waals surface area contributed by atoms with Crippen LogP contribution in [0.2, 0.25) is 0 Å². The van der Waals surface area contributed by atoms with Crippen LogP contribution in [-0.4, -0.2) is 50.3 Å². The Bertz CT molecular complexity index is 1330. The third kappa shape index (κ3) is 5.45. The molecule has 0 saturated carbocycles. The fraction of sp³-hybridized carbons (Fsp3) is 0.222. The lowest BCUT2D eigenvalue weighted by atomic mass is 10.0. The average molecular weight is 476 g/mol. The number of hydrogen-bond donors (Lipinski definition) is 2. The molecule has 1 aliphatic rings. The van der Waals surface area contributed by atoms with Crippen molar-refractivity contribution in [3.8, 4) is 16.9 Å². The van der Waals surface area contributed by atoms with Crippen LogP contribution >= 0.6 is 0 Å². The van der Waals surface area contributed by atoms with E-state index in [0.717, 1.165) is 55.1 Å². The first kappa shape index (κ1) is 22.9. The molecule has 8 heteroatoms. The number of carbonyl (C=O) groups is 1. The molecule has 1 fully saturated rings. The van der Waals surface area contributed by atoms with E-state index in [9.17, 15) is 9.18 Å². The summed E-state index contributed by atoms with van der Waals surface area (Å²) in [6.45, 7) is 4.75. The smallest absolute Gasteiger partial charge is 0.291 e. The van der Waals surface area contributed by atoms with Crippen LogP contribution in [-0.2, 0) is 4.74 Å². The van der Waals surface area contributed by atoms with Crippen molar-refractivity contribution < 1.29 is 23.1 Å². The van der Waals surface area contributed by atoms with E-state index in [1.807, 2.05) is 18.2 Å². The molecule has 7 nitrogen and oxygen atoms in total. The minimum atomic E-state index is -0.418. The van der Waals surface area contributed by atoms with Crippen molar-refractivity contribution in [2.24, 2.45) is 0 Å². The Labute approximate surface area is 202 Å². The Hall–Kier alpha value is -3.88. The number of nitrogens with one attached hydrogen (secondary N) is 1. The molecular weight excluding hydrogens is 449 g/mol. The SMILES string of the molecule is Nc1ccc(-c2ccc(F)cc2)cc1NC(=O)c1cc2cc(OCCN3CCOCC3)ccc2o1. The number of hydrogen-bond acceptors (Lipinski definition) is 6. The Morgan fingerprint density at radius 2 is 1.77 bits per heavy atom. The molecule has 0 aliphatic carbocycles. The molecule has 1 amide bonds. The largest absolute Gasteiger partial charge is 0.492 e. The highest BCUT2D eigenvalue weighted by atomic mass is 19.1. The second-order valence-electron chi connectivity index (χ2n) is 8.38. The summed E-state index contributed by atoms with van der Waals surface area (Å²) in [7, 11) is 0. The molecule has 0 unspecified atom stereocenters. The van der Waals surface area contributed by atoms with Gasteiger partial charge < -0.3 is 24.9 Å². The van der Waals surface area contributed by atoms with Crippen LogP contribution in [0.3, 0.4) is 0 Å². The number of nitrogen functional groups attached to an aromatic ring is 1. The van der Waals surface area contributed by atoms with Gasteiger partial charge in [-0.2, -0.15) is 0 Å². The Morgan fingerprint density at radius 3 is 2.57 bits per heavy atom. The molecule has 1 aliphatic heterocycles. The van der Waals surface area contributed by atoms with Gasteiger partial charge in [0.15, 0.2) is 5.76 Å². The highest BCUT2D eigenvalue weighted by Crippen LogP contribution is 2.29. The number of fused-ring (bicyclic) bond motifs is 1. The quantitative estimate of drug-likeness (QED) is 0.374. The zero-order chi connectivity index (χ0) is 24.2. The maximum absolute atomic E-state index is 13.3. The molecule has 4 aromatic rings. The molecule has 0 radical (unpaired) electrons. The van der Waals surface area contributed by atoms with Gasteiger partial charge in [-0.15, -0.1) is 0 Å². The number of halogens is 1. The van der Waals surface area contributed by atoms with Crippen LogP contribution < -0.4 is 15.8 Å². The van der Waals surface area contributed by atoms with Gasteiger partial charge in [0.2, 0.25) is 0 Å². The van der Waals surface area contributed by atoms with Gasteiger partial charge >= 0.3 is 0 Å². The predicted octanol–water partition coefficient (Wildman–Crippen LogP) is 4.78. The fourth-order valence-electron chi connectivity index (χ4n) is 4.01. The first-order chi connectivity index (χ1) is 17.0. The fourth-order valence-corrected chi connectivity index (χ4v) is 4.01. The van der Waals surface area contributed by atoms with Crippen molar-refractivity contribution >= 4 is 28.3 Å². The summed E-state index contributed by atoms with van der Waals surface area (Å²) in [5.74, 6) is 0.152. The van der Waals surface area contributed by atoms with Gasteiger partial charge in [0.05, 0.1) is 24.6 Å². The van der Waals surface area contributed by atoms with E-state index >= 15 is 0 Å². The van der Waals surface area contributed by atoms with Crippen LogP contribution in [0.1, 0.15) is 10.6 Å². The Kier molecular flexibility index (Phi) is 6.65. The maximum atomic E-state index is 13.3. The lowest BCUT2D eigenvalue weighted by Gasteiger charge is -2.26. The number of carbonyl (C=O) groups excluding carboxylic acids is 1. The van der Waals surface area contributed by atoms with Crippen molar-refractivity contribution in [3.63, 3.8) is 0 Å². The predicted molar refractivity (Wildman–Crippen MR) is 133 cm³/mol. The molecule has 5 rings (SSSR count).